The largest absolute Gasteiger partial charge is 0.347 e. The number of nitrogens with zero attached hydrogens (tertiary/aromatic N) is 1. The van der Waals surface area contributed by atoms with E-state index in [0.29, 0.717) is 0 Å². The summed E-state index contributed by atoms with van der Waals surface area (Å²) in [5.41, 5.74) is 8.26. The highest BCUT2D eigenvalue weighted by atomic mass is 32.2. The van der Waals surface area contributed by atoms with E-state index in [9.17, 15) is 0 Å². The molecule has 0 bridgehead atoms. The topological polar surface area (TPSA) is 30.9 Å². The monoisotopic (exact) mass is 248 g/mol. The van der Waals surface area contributed by atoms with E-state index in [4.69, 9.17) is 5.73 Å². The Kier molecular flexibility index (Phi) is 4.51. The maximum absolute atomic E-state index is 5.58. The molecule has 2 aromatic rings. The SMILES string of the molecule is CSCCCn1ccc2cc(CCN)ccc21. The number of hydrogen-bond acceptors (Lipinski definition) is 2. The highest BCUT2D eigenvalue weighted by molar-refractivity contribution is 7.98. The van der Waals surface area contributed by atoms with Crippen LogP contribution in [-0.2, 0) is 13.0 Å². The van der Waals surface area contributed by atoms with Crippen LogP contribution >= 0.6 is 11.8 Å². The van der Waals surface area contributed by atoms with Crippen LogP contribution in [-0.4, -0.2) is 23.1 Å². The first-order valence-electron chi connectivity index (χ1n) is 6.12. The summed E-state index contributed by atoms with van der Waals surface area (Å²) in [4.78, 5) is 0. The number of rotatable bonds is 6. The molecule has 2 nitrogen and oxygen atoms in total. The van der Waals surface area contributed by atoms with Gasteiger partial charge in [-0.15, -0.1) is 0 Å². The van der Waals surface area contributed by atoms with Gasteiger partial charge in [-0.3, -0.25) is 0 Å². The first-order chi connectivity index (χ1) is 8.35. The molecule has 2 rings (SSSR count). The number of fused-ring (bicyclic) bond motifs is 1. The second kappa shape index (κ2) is 6.12. The Morgan fingerprint density at radius 1 is 1.29 bits per heavy atom. The molecule has 0 aliphatic heterocycles. The molecule has 1 aromatic heterocycles. The van der Waals surface area contributed by atoms with Gasteiger partial charge in [0, 0.05) is 18.3 Å². The molecule has 2 N–H and O–H groups in total. The molecule has 92 valence electrons. The van der Waals surface area contributed by atoms with E-state index in [1.165, 1.54) is 28.6 Å². The number of nitrogens with two attached hydrogens (primary N) is 1. The number of aromatic nitrogens is 1. The summed E-state index contributed by atoms with van der Waals surface area (Å²) in [6, 6.07) is 8.88. The van der Waals surface area contributed by atoms with E-state index in [1.54, 1.807) is 0 Å². The molecule has 0 saturated carbocycles. The van der Waals surface area contributed by atoms with Crippen molar-refractivity contribution in [3.8, 4) is 0 Å². The third-order valence-corrected chi connectivity index (χ3v) is 3.71. The van der Waals surface area contributed by atoms with E-state index in [2.05, 4.69) is 41.3 Å². The fraction of sp³-hybridized carbons (Fsp3) is 0.429. The van der Waals surface area contributed by atoms with Crippen molar-refractivity contribution >= 4 is 22.7 Å². The summed E-state index contributed by atoms with van der Waals surface area (Å²) in [6.45, 7) is 1.83. The Balaban J connectivity index is 2.16. The summed E-state index contributed by atoms with van der Waals surface area (Å²) >= 11 is 1.91. The van der Waals surface area contributed by atoms with Crippen LogP contribution in [0.4, 0.5) is 0 Å². The first kappa shape index (κ1) is 12.5. The predicted octanol–water partition coefficient (Wildman–Crippen LogP) is 2.90. The maximum Gasteiger partial charge on any atom is 0.0480 e. The molecule has 0 unspecified atom stereocenters. The van der Waals surface area contributed by atoms with Crippen molar-refractivity contribution in [3.05, 3.63) is 36.0 Å². The molecular weight excluding hydrogens is 228 g/mol. The predicted molar refractivity (Wildman–Crippen MR) is 77.7 cm³/mol. The van der Waals surface area contributed by atoms with Crippen molar-refractivity contribution < 1.29 is 0 Å². The standard InChI is InChI=1S/C14H20N2S/c1-17-10-2-8-16-9-6-13-11-12(5-7-15)3-4-14(13)16/h3-4,6,9,11H,2,5,7-8,10,15H2,1H3. The number of aryl methyl sites for hydroxylation is 1. The van der Waals surface area contributed by atoms with Crippen molar-refractivity contribution in [3.63, 3.8) is 0 Å². The average Bonchev–Trinajstić information content (AvgIpc) is 2.73. The normalized spacial score (nSPS) is 11.2. The Labute approximate surface area is 107 Å². The van der Waals surface area contributed by atoms with Gasteiger partial charge in [-0.25, -0.2) is 0 Å². The third kappa shape index (κ3) is 3.05. The highest BCUT2D eigenvalue weighted by Gasteiger charge is 2.01. The van der Waals surface area contributed by atoms with Crippen LogP contribution in [0.5, 0.6) is 0 Å². The van der Waals surface area contributed by atoms with Gasteiger partial charge in [0.2, 0.25) is 0 Å². The maximum atomic E-state index is 5.58. The number of thioether (sulfide) groups is 1. The first-order valence-corrected chi connectivity index (χ1v) is 7.51. The van der Waals surface area contributed by atoms with Gasteiger partial charge in [0.05, 0.1) is 0 Å². The molecule has 0 radical (unpaired) electrons. The van der Waals surface area contributed by atoms with Crippen LogP contribution in [0.2, 0.25) is 0 Å². The lowest BCUT2D eigenvalue weighted by atomic mass is 10.1. The molecule has 0 atom stereocenters. The third-order valence-electron chi connectivity index (χ3n) is 3.02. The Morgan fingerprint density at radius 3 is 2.94 bits per heavy atom. The second-order valence-corrected chi connectivity index (χ2v) is 5.27. The van der Waals surface area contributed by atoms with Gasteiger partial charge in [0.25, 0.3) is 0 Å². The van der Waals surface area contributed by atoms with Gasteiger partial charge in [-0.2, -0.15) is 11.8 Å². The molecule has 0 fully saturated rings. The summed E-state index contributed by atoms with van der Waals surface area (Å²) in [5.74, 6) is 1.23. The van der Waals surface area contributed by atoms with Crippen molar-refractivity contribution in [2.75, 3.05) is 18.6 Å². The number of hydrogen-bond donors (Lipinski definition) is 1. The van der Waals surface area contributed by atoms with Crippen molar-refractivity contribution in [2.45, 2.75) is 19.4 Å². The lowest BCUT2D eigenvalue weighted by Gasteiger charge is -2.05. The van der Waals surface area contributed by atoms with Crippen LogP contribution < -0.4 is 5.73 Å². The Bertz CT molecular complexity index is 476. The van der Waals surface area contributed by atoms with E-state index in [-0.39, 0.29) is 0 Å². The zero-order valence-electron chi connectivity index (χ0n) is 10.4. The van der Waals surface area contributed by atoms with Crippen molar-refractivity contribution in [1.82, 2.24) is 4.57 Å². The zero-order valence-corrected chi connectivity index (χ0v) is 11.2. The average molecular weight is 248 g/mol. The van der Waals surface area contributed by atoms with Crippen LogP contribution in [0.15, 0.2) is 30.5 Å². The van der Waals surface area contributed by atoms with Gasteiger partial charge < -0.3 is 10.3 Å². The lowest BCUT2D eigenvalue weighted by Crippen LogP contribution is -2.02. The smallest absolute Gasteiger partial charge is 0.0480 e. The van der Waals surface area contributed by atoms with Gasteiger partial charge in [0.1, 0.15) is 0 Å². The van der Waals surface area contributed by atoms with E-state index >= 15 is 0 Å². The Morgan fingerprint density at radius 2 is 2.18 bits per heavy atom. The molecule has 17 heavy (non-hydrogen) atoms. The van der Waals surface area contributed by atoms with Crippen molar-refractivity contribution in [2.24, 2.45) is 5.73 Å². The number of benzene rings is 1. The van der Waals surface area contributed by atoms with E-state index in [1.807, 2.05) is 11.8 Å². The van der Waals surface area contributed by atoms with Gasteiger partial charge in [-0.1, -0.05) is 6.07 Å². The second-order valence-electron chi connectivity index (χ2n) is 4.29. The van der Waals surface area contributed by atoms with Crippen LogP contribution in [0.25, 0.3) is 10.9 Å². The van der Waals surface area contributed by atoms with E-state index < -0.39 is 0 Å². The minimum atomic E-state index is 0.722. The molecule has 1 aromatic carbocycles. The summed E-state index contributed by atoms with van der Waals surface area (Å²) in [6.07, 6.45) is 6.55. The molecule has 0 amide bonds. The summed E-state index contributed by atoms with van der Waals surface area (Å²) in [5, 5.41) is 1.33. The fourth-order valence-corrected chi connectivity index (χ4v) is 2.56. The van der Waals surface area contributed by atoms with Gasteiger partial charge >= 0.3 is 0 Å². The molecule has 0 spiro atoms. The molecule has 0 aliphatic rings. The van der Waals surface area contributed by atoms with Gasteiger partial charge in [0.15, 0.2) is 0 Å². The fourth-order valence-electron chi connectivity index (χ4n) is 2.15. The molecule has 0 aliphatic carbocycles. The molecule has 3 heteroatoms. The Hall–Kier alpha value is -0.930. The summed E-state index contributed by atoms with van der Waals surface area (Å²) < 4.78 is 2.35. The van der Waals surface area contributed by atoms with Crippen LogP contribution in [0.3, 0.4) is 0 Å². The summed E-state index contributed by atoms with van der Waals surface area (Å²) in [7, 11) is 0. The van der Waals surface area contributed by atoms with Gasteiger partial charge in [-0.05, 0) is 60.5 Å². The molecule has 1 heterocycles. The minimum absolute atomic E-state index is 0.722. The lowest BCUT2D eigenvalue weighted by molar-refractivity contribution is 0.709. The minimum Gasteiger partial charge on any atom is -0.347 e. The van der Waals surface area contributed by atoms with Crippen LogP contribution in [0.1, 0.15) is 12.0 Å². The quantitative estimate of drug-likeness (QED) is 0.797. The van der Waals surface area contributed by atoms with Crippen LogP contribution in [0, 0.1) is 0 Å². The molecular formula is C14H20N2S. The van der Waals surface area contributed by atoms with Crippen molar-refractivity contribution in [1.29, 1.82) is 0 Å². The molecule has 0 saturated heterocycles. The van der Waals surface area contributed by atoms with E-state index in [0.717, 1.165) is 19.5 Å². The zero-order chi connectivity index (χ0) is 12.1. The highest BCUT2D eigenvalue weighted by Crippen LogP contribution is 2.18.